The molecular weight excluding hydrogens is 262 g/mol. The molecule has 0 saturated carbocycles. The highest BCUT2D eigenvalue weighted by Gasteiger charge is 2.29. The molecule has 2 atom stereocenters. The second-order valence-corrected chi connectivity index (χ2v) is 5.56. The number of hydrogen-bond acceptors (Lipinski definition) is 2. The summed E-state index contributed by atoms with van der Waals surface area (Å²) in [6, 6.07) is 13.6. The number of aliphatic hydroxyl groups is 1. The molecule has 0 aromatic heterocycles. The van der Waals surface area contributed by atoms with E-state index in [1.54, 1.807) is 0 Å². The van der Waals surface area contributed by atoms with Crippen molar-refractivity contribution in [1.82, 2.24) is 0 Å². The van der Waals surface area contributed by atoms with E-state index < -0.39 is 6.10 Å². The highest BCUT2D eigenvalue weighted by atomic mass is 16.3. The minimum absolute atomic E-state index is 0.0510. The first-order valence-electron chi connectivity index (χ1n) is 7.30. The number of aliphatic hydroxyl groups excluding tert-OH is 1. The molecular formula is C18H19NO2. The van der Waals surface area contributed by atoms with Crippen LogP contribution in [0.3, 0.4) is 0 Å². The van der Waals surface area contributed by atoms with Crippen molar-refractivity contribution in [3.05, 3.63) is 64.7 Å². The van der Waals surface area contributed by atoms with E-state index in [1.807, 2.05) is 56.3 Å². The molecule has 3 heteroatoms. The molecule has 0 spiro atoms. The predicted molar refractivity (Wildman–Crippen MR) is 83.3 cm³/mol. The normalized spacial score (nSPS) is 18.2. The van der Waals surface area contributed by atoms with Crippen molar-refractivity contribution in [2.45, 2.75) is 32.3 Å². The number of nitrogens with one attached hydrogen (secondary N) is 1. The standard InChI is InChI=1S/C18H19NO2/c1-3-13-15-10-12(8-9-16(15)19-18(13)21)17(20)14-7-5-4-6-11(14)2/h4-10,13,17,20H,3H2,1-2H3,(H,19,21). The van der Waals surface area contributed by atoms with Gasteiger partial charge in [0, 0.05) is 5.69 Å². The Morgan fingerprint density at radius 3 is 2.71 bits per heavy atom. The van der Waals surface area contributed by atoms with Crippen LogP contribution >= 0.6 is 0 Å². The minimum atomic E-state index is -0.662. The second kappa shape index (κ2) is 5.34. The molecule has 1 aliphatic heterocycles. The molecule has 0 bridgehead atoms. The number of fused-ring (bicyclic) bond motifs is 1. The largest absolute Gasteiger partial charge is 0.384 e. The van der Waals surface area contributed by atoms with Gasteiger partial charge in [0.15, 0.2) is 0 Å². The van der Waals surface area contributed by atoms with E-state index in [-0.39, 0.29) is 11.8 Å². The molecule has 0 aliphatic carbocycles. The molecule has 2 N–H and O–H groups in total. The van der Waals surface area contributed by atoms with E-state index in [0.29, 0.717) is 0 Å². The van der Waals surface area contributed by atoms with Crippen molar-refractivity contribution in [3.63, 3.8) is 0 Å². The fourth-order valence-corrected chi connectivity index (χ4v) is 2.99. The van der Waals surface area contributed by atoms with Crippen molar-refractivity contribution in [2.75, 3.05) is 5.32 Å². The molecule has 2 unspecified atom stereocenters. The maximum atomic E-state index is 11.9. The van der Waals surface area contributed by atoms with Crippen LogP contribution in [-0.4, -0.2) is 11.0 Å². The van der Waals surface area contributed by atoms with Gasteiger partial charge in [0.2, 0.25) is 5.91 Å². The second-order valence-electron chi connectivity index (χ2n) is 5.56. The van der Waals surface area contributed by atoms with Gasteiger partial charge in [-0.1, -0.05) is 37.3 Å². The van der Waals surface area contributed by atoms with Crippen molar-refractivity contribution in [3.8, 4) is 0 Å². The summed E-state index contributed by atoms with van der Waals surface area (Å²) in [5.41, 5.74) is 4.66. The third-order valence-electron chi connectivity index (χ3n) is 4.23. The first-order chi connectivity index (χ1) is 10.1. The van der Waals surface area contributed by atoms with Crippen molar-refractivity contribution < 1.29 is 9.90 Å². The SMILES string of the molecule is CCC1C(=O)Nc2ccc(C(O)c3ccccc3C)cc21. The van der Waals surface area contributed by atoms with Crippen LogP contribution < -0.4 is 5.32 Å². The average Bonchev–Trinajstić information content (AvgIpc) is 2.81. The van der Waals surface area contributed by atoms with Gasteiger partial charge in [-0.05, 0) is 47.7 Å². The molecule has 0 saturated heterocycles. The lowest BCUT2D eigenvalue weighted by atomic mass is 9.92. The van der Waals surface area contributed by atoms with Gasteiger partial charge in [-0.3, -0.25) is 4.79 Å². The summed E-state index contributed by atoms with van der Waals surface area (Å²) >= 11 is 0. The first-order valence-corrected chi connectivity index (χ1v) is 7.30. The molecule has 2 aromatic rings. The number of rotatable bonds is 3. The van der Waals surface area contributed by atoms with Crippen molar-refractivity contribution in [2.24, 2.45) is 0 Å². The Balaban J connectivity index is 2.00. The number of benzene rings is 2. The Bertz CT molecular complexity index is 693. The molecule has 21 heavy (non-hydrogen) atoms. The van der Waals surface area contributed by atoms with Gasteiger partial charge in [-0.15, -0.1) is 0 Å². The molecule has 1 amide bonds. The Hall–Kier alpha value is -2.13. The maximum absolute atomic E-state index is 11.9. The van der Waals surface area contributed by atoms with Crippen LogP contribution in [0.2, 0.25) is 0 Å². The van der Waals surface area contributed by atoms with Gasteiger partial charge in [-0.2, -0.15) is 0 Å². The van der Waals surface area contributed by atoms with Crippen LogP contribution in [0.25, 0.3) is 0 Å². The van der Waals surface area contributed by atoms with Crippen molar-refractivity contribution in [1.29, 1.82) is 0 Å². The first kappa shape index (κ1) is 13.8. The fourth-order valence-electron chi connectivity index (χ4n) is 2.99. The smallest absolute Gasteiger partial charge is 0.231 e. The van der Waals surface area contributed by atoms with E-state index in [0.717, 1.165) is 34.4 Å². The summed E-state index contributed by atoms with van der Waals surface area (Å²) in [6.07, 6.45) is 0.104. The Morgan fingerprint density at radius 2 is 2.00 bits per heavy atom. The lowest BCUT2D eigenvalue weighted by Crippen LogP contribution is -2.10. The van der Waals surface area contributed by atoms with Gasteiger partial charge >= 0.3 is 0 Å². The highest BCUT2D eigenvalue weighted by molar-refractivity contribution is 6.02. The van der Waals surface area contributed by atoms with E-state index in [9.17, 15) is 9.90 Å². The molecule has 108 valence electrons. The van der Waals surface area contributed by atoms with Crippen LogP contribution in [0.15, 0.2) is 42.5 Å². The fraction of sp³-hybridized carbons (Fsp3) is 0.278. The molecule has 3 nitrogen and oxygen atoms in total. The Kier molecular flexibility index (Phi) is 3.52. The van der Waals surface area contributed by atoms with Crippen LogP contribution in [-0.2, 0) is 4.79 Å². The van der Waals surface area contributed by atoms with E-state index in [4.69, 9.17) is 0 Å². The molecule has 2 aromatic carbocycles. The molecule has 1 heterocycles. The van der Waals surface area contributed by atoms with Gasteiger partial charge in [0.25, 0.3) is 0 Å². The summed E-state index contributed by atoms with van der Waals surface area (Å²) in [5.74, 6) is -0.0564. The summed E-state index contributed by atoms with van der Waals surface area (Å²) in [4.78, 5) is 11.9. The van der Waals surface area contributed by atoms with Gasteiger partial charge < -0.3 is 10.4 Å². The zero-order valence-electron chi connectivity index (χ0n) is 12.3. The summed E-state index contributed by atoms with van der Waals surface area (Å²) in [7, 11) is 0. The van der Waals surface area contributed by atoms with Gasteiger partial charge in [-0.25, -0.2) is 0 Å². The molecule has 0 radical (unpaired) electrons. The number of aryl methyl sites for hydroxylation is 1. The lowest BCUT2D eigenvalue weighted by Gasteiger charge is -2.16. The quantitative estimate of drug-likeness (QED) is 0.904. The summed E-state index contributed by atoms with van der Waals surface area (Å²) < 4.78 is 0. The monoisotopic (exact) mass is 281 g/mol. The maximum Gasteiger partial charge on any atom is 0.231 e. The number of amides is 1. The number of anilines is 1. The number of hydrogen-bond donors (Lipinski definition) is 2. The molecule has 1 aliphatic rings. The molecule has 3 rings (SSSR count). The third-order valence-corrected chi connectivity index (χ3v) is 4.23. The van der Waals surface area contributed by atoms with E-state index in [2.05, 4.69) is 5.32 Å². The lowest BCUT2D eigenvalue weighted by molar-refractivity contribution is -0.117. The number of carbonyl (C=O) groups is 1. The van der Waals surface area contributed by atoms with Crippen LogP contribution in [0.4, 0.5) is 5.69 Å². The minimum Gasteiger partial charge on any atom is -0.384 e. The Morgan fingerprint density at radius 1 is 1.24 bits per heavy atom. The van der Waals surface area contributed by atoms with E-state index in [1.165, 1.54) is 0 Å². The van der Waals surface area contributed by atoms with E-state index >= 15 is 0 Å². The van der Waals surface area contributed by atoms with Crippen LogP contribution in [0.5, 0.6) is 0 Å². The third kappa shape index (κ3) is 2.34. The summed E-state index contributed by atoms with van der Waals surface area (Å²) in [6.45, 7) is 4.00. The molecule has 0 fully saturated rings. The summed E-state index contributed by atoms with van der Waals surface area (Å²) in [5, 5.41) is 13.5. The Labute approximate surface area is 124 Å². The van der Waals surface area contributed by atoms with Gasteiger partial charge in [0.05, 0.1) is 5.92 Å². The highest BCUT2D eigenvalue weighted by Crippen LogP contribution is 2.37. The van der Waals surface area contributed by atoms with Crippen LogP contribution in [0, 0.1) is 6.92 Å². The van der Waals surface area contributed by atoms with Crippen LogP contribution in [0.1, 0.15) is 47.6 Å². The number of carbonyl (C=O) groups excluding carboxylic acids is 1. The van der Waals surface area contributed by atoms with Gasteiger partial charge in [0.1, 0.15) is 6.10 Å². The predicted octanol–water partition coefficient (Wildman–Crippen LogP) is 3.52. The zero-order valence-corrected chi connectivity index (χ0v) is 12.3. The average molecular weight is 281 g/mol. The van der Waals surface area contributed by atoms with Crippen molar-refractivity contribution >= 4 is 11.6 Å². The topological polar surface area (TPSA) is 49.3 Å². The zero-order chi connectivity index (χ0) is 15.0.